The molecule has 33 heavy (non-hydrogen) atoms. The van der Waals surface area contributed by atoms with Crippen molar-refractivity contribution in [3.8, 4) is 17.2 Å². The van der Waals surface area contributed by atoms with E-state index in [2.05, 4.69) is 16.7 Å². The van der Waals surface area contributed by atoms with Gasteiger partial charge in [0, 0.05) is 23.9 Å². The van der Waals surface area contributed by atoms with E-state index in [1.54, 1.807) is 48.5 Å². The number of carbonyl (C=O) groups excluding carboxylic acids is 2. The van der Waals surface area contributed by atoms with Gasteiger partial charge in [0.15, 0.2) is 0 Å². The summed E-state index contributed by atoms with van der Waals surface area (Å²) in [6.07, 6.45) is 1.52. The second-order valence-corrected chi connectivity index (χ2v) is 8.93. The van der Waals surface area contributed by atoms with Gasteiger partial charge in [-0.1, -0.05) is 30.3 Å². The zero-order valence-electron chi connectivity index (χ0n) is 17.2. The van der Waals surface area contributed by atoms with E-state index in [4.69, 9.17) is 10.4 Å². The van der Waals surface area contributed by atoms with Gasteiger partial charge in [-0.15, -0.1) is 0 Å². The molecule has 0 radical (unpaired) electrons. The van der Waals surface area contributed by atoms with Crippen LogP contribution in [0.5, 0.6) is 0 Å². The van der Waals surface area contributed by atoms with Crippen molar-refractivity contribution in [2.45, 2.75) is 11.4 Å². The molecule has 0 fully saturated rings. The number of fused-ring (bicyclic) bond motifs is 1. The third-order valence-electron chi connectivity index (χ3n) is 5.16. The van der Waals surface area contributed by atoms with Crippen LogP contribution in [0.1, 0.15) is 27.0 Å². The molecule has 1 aliphatic rings. The van der Waals surface area contributed by atoms with E-state index in [0.717, 1.165) is 16.7 Å². The number of imide groups is 1. The summed E-state index contributed by atoms with van der Waals surface area (Å²) >= 11 is 0. The third kappa shape index (κ3) is 4.67. The number of sulfonamides is 1. The summed E-state index contributed by atoms with van der Waals surface area (Å²) in [5.41, 5.74) is 3.94. The SMILES string of the molecule is N#Cc1cccc(-c2ccc3c(c2)/C(=C/NCc2ccc(S(N)(=O)=O)cc2)C(=O)NC3=O)c1. The number of hydrogen-bond donors (Lipinski definition) is 3. The van der Waals surface area contributed by atoms with Gasteiger partial charge in [-0.05, 0) is 53.1 Å². The van der Waals surface area contributed by atoms with Crippen LogP contribution in [-0.4, -0.2) is 20.2 Å². The first-order valence-corrected chi connectivity index (χ1v) is 11.4. The Bertz CT molecular complexity index is 1450. The molecule has 0 aliphatic carbocycles. The van der Waals surface area contributed by atoms with Gasteiger partial charge in [-0.3, -0.25) is 14.9 Å². The van der Waals surface area contributed by atoms with E-state index in [1.165, 1.54) is 18.3 Å². The Morgan fingerprint density at radius 3 is 2.36 bits per heavy atom. The molecular formula is C24H18N4O4S. The number of rotatable bonds is 5. The highest BCUT2D eigenvalue weighted by Crippen LogP contribution is 2.30. The first kappa shape index (κ1) is 22.0. The van der Waals surface area contributed by atoms with Crippen molar-refractivity contribution >= 4 is 27.4 Å². The van der Waals surface area contributed by atoms with Gasteiger partial charge >= 0.3 is 0 Å². The highest BCUT2D eigenvalue weighted by molar-refractivity contribution is 7.89. The normalized spacial score (nSPS) is 14.4. The molecule has 164 valence electrons. The number of benzene rings is 3. The van der Waals surface area contributed by atoms with Gasteiger partial charge in [0.1, 0.15) is 0 Å². The maximum Gasteiger partial charge on any atom is 0.260 e. The molecule has 0 aromatic heterocycles. The molecule has 1 heterocycles. The predicted molar refractivity (Wildman–Crippen MR) is 122 cm³/mol. The van der Waals surface area contributed by atoms with Crippen molar-refractivity contribution in [2.75, 3.05) is 0 Å². The lowest BCUT2D eigenvalue weighted by Crippen LogP contribution is -2.37. The van der Waals surface area contributed by atoms with E-state index in [9.17, 15) is 18.0 Å². The molecular weight excluding hydrogens is 440 g/mol. The van der Waals surface area contributed by atoms with Gasteiger partial charge in [-0.2, -0.15) is 5.26 Å². The zero-order valence-corrected chi connectivity index (χ0v) is 18.0. The van der Waals surface area contributed by atoms with Crippen molar-refractivity contribution in [3.05, 3.63) is 95.2 Å². The number of nitrogens with one attached hydrogen (secondary N) is 2. The molecule has 0 saturated carbocycles. The quantitative estimate of drug-likeness (QED) is 0.395. The summed E-state index contributed by atoms with van der Waals surface area (Å²) in [5, 5.41) is 19.6. The van der Waals surface area contributed by atoms with E-state index < -0.39 is 21.8 Å². The maximum absolute atomic E-state index is 12.5. The van der Waals surface area contributed by atoms with Gasteiger partial charge < -0.3 is 5.32 Å². The minimum Gasteiger partial charge on any atom is -0.386 e. The smallest absolute Gasteiger partial charge is 0.260 e. The van der Waals surface area contributed by atoms with Gasteiger partial charge in [0.25, 0.3) is 11.8 Å². The Morgan fingerprint density at radius 1 is 0.939 bits per heavy atom. The highest BCUT2D eigenvalue weighted by Gasteiger charge is 2.27. The van der Waals surface area contributed by atoms with Gasteiger partial charge in [0.2, 0.25) is 10.0 Å². The topological polar surface area (TPSA) is 142 Å². The van der Waals surface area contributed by atoms with Crippen molar-refractivity contribution in [2.24, 2.45) is 5.14 Å². The molecule has 2 amide bonds. The molecule has 4 N–H and O–H groups in total. The minimum atomic E-state index is -3.77. The Morgan fingerprint density at radius 2 is 1.67 bits per heavy atom. The summed E-state index contributed by atoms with van der Waals surface area (Å²) < 4.78 is 22.7. The Balaban J connectivity index is 1.63. The van der Waals surface area contributed by atoms with Crippen molar-refractivity contribution in [3.63, 3.8) is 0 Å². The molecule has 1 aliphatic heterocycles. The second kappa shape index (κ2) is 8.70. The van der Waals surface area contributed by atoms with Gasteiger partial charge in [0.05, 0.1) is 22.1 Å². The summed E-state index contributed by atoms with van der Waals surface area (Å²) in [6, 6.07) is 20.3. The van der Waals surface area contributed by atoms with Crippen LogP contribution in [-0.2, 0) is 21.4 Å². The van der Waals surface area contributed by atoms with Crippen molar-refractivity contribution < 1.29 is 18.0 Å². The molecule has 0 atom stereocenters. The number of hydrogen-bond acceptors (Lipinski definition) is 6. The molecule has 0 bridgehead atoms. The second-order valence-electron chi connectivity index (χ2n) is 7.36. The number of primary sulfonamides is 1. The average molecular weight is 458 g/mol. The molecule has 3 aromatic carbocycles. The van der Waals surface area contributed by atoms with Gasteiger partial charge in [-0.25, -0.2) is 13.6 Å². The minimum absolute atomic E-state index is 0.0108. The molecule has 3 aromatic rings. The number of carbonyl (C=O) groups is 2. The molecule has 8 nitrogen and oxygen atoms in total. The number of nitrogens with two attached hydrogens (primary N) is 1. The number of nitriles is 1. The van der Waals surface area contributed by atoms with Crippen LogP contribution in [0, 0.1) is 11.3 Å². The molecule has 0 spiro atoms. The van der Waals surface area contributed by atoms with Crippen LogP contribution in [0.2, 0.25) is 0 Å². The Kier molecular flexibility index (Phi) is 5.79. The standard InChI is InChI=1S/C24H18N4O4S/c25-12-16-2-1-3-17(10-16)18-6-9-20-21(11-18)22(24(30)28-23(20)29)14-27-13-15-4-7-19(8-5-15)33(26,31)32/h1-11,14,27H,13H2,(H2,26,31,32)(H,28,29,30)/b22-14-. The third-order valence-corrected chi connectivity index (χ3v) is 6.08. The number of amides is 2. The lowest BCUT2D eigenvalue weighted by Gasteiger charge is -2.19. The first-order valence-electron chi connectivity index (χ1n) is 9.82. The largest absolute Gasteiger partial charge is 0.386 e. The van der Waals surface area contributed by atoms with Crippen LogP contribution < -0.4 is 15.8 Å². The van der Waals surface area contributed by atoms with Crippen molar-refractivity contribution in [1.29, 1.82) is 5.26 Å². The molecule has 4 rings (SSSR count). The Hall–Kier alpha value is -4.26. The van der Waals surface area contributed by atoms with Crippen molar-refractivity contribution in [1.82, 2.24) is 10.6 Å². The highest BCUT2D eigenvalue weighted by atomic mass is 32.2. The van der Waals surface area contributed by atoms with Crippen LogP contribution in [0.15, 0.2) is 77.8 Å². The van der Waals surface area contributed by atoms with Crippen LogP contribution >= 0.6 is 0 Å². The maximum atomic E-state index is 12.5. The monoisotopic (exact) mass is 458 g/mol. The lowest BCUT2D eigenvalue weighted by molar-refractivity contribution is -0.114. The van der Waals surface area contributed by atoms with Crippen LogP contribution in [0.3, 0.4) is 0 Å². The van der Waals surface area contributed by atoms with E-state index in [-0.39, 0.29) is 10.5 Å². The Labute approximate surface area is 190 Å². The average Bonchev–Trinajstić information content (AvgIpc) is 2.80. The van der Waals surface area contributed by atoms with E-state index in [0.29, 0.717) is 23.2 Å². The summed E-state index contributed by atoms with van der Waals surface area (Å²) in [4.78, 5) is 24.9. The summed E-state index contributed by atoms with van der Waals surface area (Å²) in [7, 11) is -3.77. The van der Waals surface area contributed by atoms with E-state index in [1.807, 2.05) is 6.07 Å². The number of nitrogens with zero attached hydrogens (tertiary/aromatic N) is 1. The van der Waals surface area contributed by atoms with E-state index >= 15 is 0 Å². The summed E-state index contributed by atoms with van der Waals surface area (Å²) in [5.74, 6) is -1.02. The molecule has 0 saturated heterocycles. The zero-order chi connectivity index (χ0) is 23.6. The van der Waals surface area contributed by atoms with Crippen LogP contribution in [0.25, 0.3) is 16.7 Å². The predicted octanol–water partition coefficient (Wildman–Crippen LogP) is 2.27. The fourth-order valence-corrected chi connectivity index (χ4v) is 4.00. The molecule has 0 unspecified atom stereocenters. The molecule has 9 heteroatoms. The van der Waals surface area contributed by atoms with Crippen LogP contribution in [0.4, 0.5) is 0 Å². The lowest BCUT2D eigenvalue weighted by atomic mass is 9.91. The first-order chi connectivity index (χ1) is 15.8. The fourth-order valence-electron chi connectivity index (χ4n) is 3.48. The summed E-state index contributed by atoms with van der Waals surface area (Å²) in [6.45, 7) is 0.314. The fraction of sp³-hybridized carbons (Fsp3) is 0.0417.